The van der Waals surface area contributed by atoms with E-state index in [1.165, 1.54) is 12.5 Å². The molecule has 2 nitrogen and oxygen atoms in total. The number of hydrogen-bond acceptors (Lipinski definition) is 2. The van der Waals surface area contributed by atoms with Gasteiger partial charge >= 0.3 is 0 Å². The second kappa shape index (κ2) is 5.29. The fourth-order valence-corrected chi connectivity index (χ4v) is 3.17. The van der Waals surface area contributed by atoms with Gasteiger partial charge in [0.2, 0.25) is 0 Å². The maximum absolute atomic E-state index is 13.9. The molecule has 1 atom stereocenters. The molecule has 1 unspecified atom stereocenters. The normalized spacial score (nSPS) is 25.1. The monoisotopic (exact) mass is 284 g/mol. The summed E-state index contributed by atoms with van der Waals surface area (Å²) in [6, 6.07) is 4.89. The van der Waals surface area contributed by atoms with Gasteiger partial charge in [-0.3, -0.25) is 0 Å². The van der Waals surface area contributed by atoms with Gasteiger partial charge in [-0.05, 0) is 25.3 Å². The lowest BCUT2D eigenvalue weighted by Gasteiger charge is -2.47. The van der Waals surface area contributed by atoms with Crippen LogP contribution in [0.2, 0.25) is 0 Å². The van der Waals surface area contributed by atoms with Crippen LogP contribution in [0.5, 0.6) is 5.75 Å². The van der Waals surface area contributed by atoms with Crippen LogP contribution in [0.4, 0.5) is 4.39 Å². The van der Waals surface area contributed by atoms with Crippen LogP contribution < -0.4 is 4.74 Å². The van der Waals surface area contributed by atoms with E-state index in [0.717, 1.165) is 31.2 Å². The number of benzene rings is 1. The Morgan fingerprint density at radius 2 is 2.26 bits per heavy atom. The third-order valence-corrected chi connectivity index (χ3v) is 4.48. The summed E-state index contributed by atoms with van der Waals surface area (Å²) in [7, 11) is 0. The van der Waals surface area contributed by atoms with Crippen molar-refractivity contribution >= 4 is 11.6 Å². The summed E-state index contributed by atoms with van der Waals surface area (Å²) in [6.45, 7) is 0.704. The molecular formula is C15H18ClFO2. The molecule has 1 heterocycles. The smallest absolute Gasteiger partial charge is 0.165 e. The van der Waals surface area contributed by atoms with Gasteiger partial charge in [0, 0.05) is 18.4 Å². The highest BCUT2D eigenvalue weighted by molar-refractivity contribution is 6.17. The Morgan fingerprint density at radius 1 is 1.42 bits per heavy atom. The van der Waals surface area contributed by atoms with E-state index in [1.54, 1.807) is 6.07 Å². The largest absolute Gasteiger partial charge is 0.487 e. The predicted octanol–water partition coefficient (Wildman–Crippen LogP) is 4.05. The van der Waals surface area contributed by atoms with Crippen LogP contribution >= 0.6 is 11.6 Å². The topological polar surface area (TPSA) is 18.5 Å². The van der Waals surface area contributed by atoms with Crippen molar-refractivity contribution in [3.05, 3.63) is 29.6 Å². The highest BCUT2D eigenvalue weighted by atomic mass is 35.5. The molecule has 0 aromatic heterocycles. The molecule has 104 valence electrons. The first-order valence-corrected chi connectivity index (χ1v) is 7.40. The van der Waals surface area contributed by atoms with Gasteiger partial charge in [0.15, 0.2) is 11.6 Å². The van der Waals surface area contributed by atoms with Crippen molar-refractivity contribution in [1.29, 1.82) is 0 Å². The molecule has 4 heteroatoms. The summed E-state index contributed by atoms with van der Waals surface area (Å²) in [5.74, 6) is 0.257. The third kappa shape index (κ3) is 2.59. The minimum Gasteiger partial charge on any atom is -0.487 e. The molecule has 1 aliphatic carbocycles. The fraction of sp³-hybridized carbons (Fsp3) is 0.600. The van der Waals surface area contributed by atoms with Gasteiger partial charge in [0.25, 0.3) is 0 Å². The van der Waals surface area contributed by atoms with E-state index >= 15 is 0 Å². The number of alkyl halides is 1. The second-order valence-electron chi connectivity index (χ2n) is 5.48. The van der Waals surface area contributed by atoms with Crippen LogP contribution in [0.25, 0.3) is 0 Å². The molecule has 1 aromatic rings. The van der Waals surface area contributed by atoms with Gasteiger partial charge in [-0.2, -0.15) is 0 Å². The van der Waals surface area contributed by atoms with E-state index in [4.69, 9.17) is 21.1 Å². The van der Waals surface area contributed by atoms with Crippen molar-refractivity contribution < 1.29 is 13.9 Å². The van der Waals surface area contributed by atoms with E-state index in [0.29, 0.717) is 12.4 Å². The highest BCUT2D eigenvalue weighted by Gasteiger charge is 2.43. The van der Waals surface area contributed by atoms with Crippen molar-refractivity contribution in [2.24, 2.45) is 0 Å². The van der Waals surface area contributed by atoms with Gasteiger partial charge in [-0.1, -0.05) is 12.1 Å². The summed E-state index contributed by atoms with van der Waals surface area (Å²) in [5.41, 5.74) is 0.728. The van der Waals surface area contributed by atoms with Crippen molar-refractivity contribution in [3.63, 3.8) is 0 Å². The van der Waals surface area contributed by atoms with E-state index in [1.807, 2.05) is 6.07 Å². The van der Waals surface area contributed by atoms with Gasteiger partial charge < -0.3 is 9.47 Å². The Balaban J connectivity index is 1.74. The van der Waals surface area contributed by atoms with Crippen molar-refractivity contribution in [2.45, 2.75) is 49.7 Å². The van der Waals surface area contributed by atoms with Crippen LogP contribution in [0.15, 0.2) is 18.2 Å². The maximum atomic E-state index is 13.9. The maximum Gasteiger partial charge on any atom is 0.165 e. The van der Waals surface area contributed by atoms with Crippen LogP contribution in [0.1, 0.15) is 37.7 Å². The number of rotatable bonds is 3. The van der Waals surface area contributed by atoms with Crippen LogP contribution in [0, 0.1) is 5.82 Å². The van der Waals surface area contributed by atoms with Gasteiger partial charge in [-0.15, -0.1) is 11.6 Å². The molecule has 1 saturated carbocycles. The first-order valence-electron chi connectivity index (χ1n) is 6.86. The molecule has 0 bridgehead atoms. The number of hydrogen-bond donors (Lipinski definition) is 0. The minimum absolute atomic E-state index is 0.00923. The summed E-state index contributed by atoms with van der Waals surface area (Å²) in [5, 5.41) is 0. The van der Waals surface area contributed by atoms with Crippen LogP contribution in [0.3, 0.4) is 0 Å². The molecule has 19 heavy (non-hydrogen) atoms. The molecule has 2 fully saturated rings. The van der Waals surface area contributed by atoms with Gasteiger partial charge in [-0.25, -0.2) is 4.39 Å². The summed E-state index contributed by atoms with van der Waals surface area (Å²) >= 11 is 5.84. The average Bonchev–Trinajstić information content (AvgIpc) is 2.40. The third-order valence-electron chi connectivity index (χ3n) is 4.19. The number of ether oxygens (including phenoxy) is 2. The Morgan fingerprint density at radius 3 is 2.95 bits per heavy atom. The predicted molar refractivity (Wildman–Crippen MR) is 72.1 cm³/mol. The zero-order valence-electron chi connectivity index (χ0n) is 10.8. The molecule has 1 spiro atoms. The zero-order chi connectivity index (χ0) is 13.3. The lowest BCUT2D eigenvalue weighted by molar-refractivity contribution is -0.154. The molecule has 0 N–H and O–H groups in total. The van der Waals surface area contributed by atoms with Crippen LogP contribution in [-0.4, -0.2) is 18.3 Å². The first kappa shape index (κ1) is 13.2. The summed E-state index contributed by atoms with van der Waals surface area (Å²) in [6.07, 6.45) is 5.15. The highest BCUT2D eigenvalue weighted by Crippen LogP contribution is 2.43. The first-order chi connectivity index (χ1) is 9.22. The van der Waals surface area contributed by atoms with E-state index in [9.17, 15) is 4.39 Å². The molecule has 3 rings (SSSR count). The molecule has 2 aliphatic rings. The quantitative estimate of drug-likeness (QED) is 0.780. The molecule has 1 aromatic carbocycles. The summed E-state index contributed by atoms with van der Waals surface area (Å²) in [4.78, 5) is 0. The summed E-state index contributed by atoms with van der Waals surface area (Å²) < 4.78 is 25.6. The second-order valence-corrected chi connectivity index (χ2v) is 5.75. The van der Waals surface area contributed by atoms with E-state index in [2.05, 4.69) is 0 Å². The lowest BCUT2D eigenvalue weighted by Crippen LogP contribution is -2.48. The van der Waals surface area contributed by atoms with E-state index in [-0.39, 0.29) is 23.4 Å². The number of halogens is 2. The van der Waals surface area contributed by atoms with Crippen molar-refractivity contribution in [2.75, 3.05) is 6.61 Å². The molecular weight excluding hydrogens is 267 g/mol. The Kier molecular flexibility index (Phi) is 3.68. The fourth-order valence-electron chi connectivity index (χ4n) is 2.96. The van der Waals surface area contributed by atoms with Gasteiger partial charge in [0.1, 0.15) is 6.10 Å². The van der Waals surface area contributed by atoms with Crippen LogP contribution in [-0.2, 0) is 10.6 Å². The van der Waals surface area contributed by atoms with Gasteiger partial charge in [0.05, 0.1) is 18.1 Å². The van der Waals surface area contributed by atoms with Crippen molar-refractivity contribution in [1.82, 2.24) is 0 Å². The molecule has 0 amide bonds. The average molecular weight is 285 g/mol. The molecule has 1 saturated heterocycles. The lowest BCUT2D eigenvalue weighted by atomic mass is 9.74. The minimum atomic E-state index is -0.327. The Labute approximate surface area is 117 Å². The zero-order valence-corrected chi connectivity index (χ0v) is 11.6. The standard InChI is InChI=1S/C15H18ClFO2/c16-10-11-3-1-4-13(17)14(11)19-12-5-8-18-15(9-12)6-2-7-15/h1,3-4,12H,2,5-10H2. The van der Waals surface area contributed by atoms with Crippen molar-refractivity contribution in [3.8, 4) is 5.75 Å². The Bertz CT molecular complexity index is 459. The molecule has 1 aliphatic heterocycles. The van der Waals surface area contributed by atoms with E-state index < -0.39 is 0 Å². The SMILES string of the molecule is Fc1cccc(CCl)c1OC1CCOC2(CCC2)C1. The Hall–Kier alpha value is -0.800. The molecule has 0 radical (unpaired) electrons. The number of para-hydroxylation sites is 1.